The Morgan fingerprint density at radius 3 is 2.41 bits per heavy atom. The maximum Gasteiger partial charge on any atom is 0.0560 e. The van der Waals surface area contributed by atoms with E-state index in [-0.39, 0.29) is 0 Å². The fourth-order valence-corrected chi connectivity index (χ4v) is 4.33. The number of rotatable bonds is 4. The van der Waals surface area contributed by atoms with Crippen LogP contribution in [0.2, 0.25) is 0 Å². The number of fused-ring (bicyclic) bond motifs is 1. The molecule has 142 valence electrons. The summed E-state index contributed by atoms with van der Waals surface area (Å²) in [7, 11) is 0. The lowest BCUT2D eigenvalue weighted by Gasteiger charge is -2.33. The highest BCUT2D eigenvalue weighted by molar-refractivity contribution is 5.96. The lowest BCUT2D eigenvalue weighted by molar-refractivity contribution is 0.787. The number of allylic oxidation sites excluding steroid dienone is 6. The second kappa shape index (κ2) is 7.97. The van der Waals surface area contributed by atoms with Crippen LogP contribution in [0.1, 0.15) is 24.8 Å². The van der Waals surface area contributed by atoms with Crippen LogP contribution < -0.4 is 4.90 Å². The molecule has 0 aliphatic heterocycles. The van der Waals surface area contributed by atoms with Gasteiger partial charge in [0.25, 0.3) is 0 Å². The van der Waals surface area contributed by atoms with Gasteiger partial charge < -0.3 is 4.90 Å². The zero-order valence-electron chi connectivity index (χ0n) is 16.5. The van der Waals surface area contributed by atoms with Crippen LogP contribution >= 0.6 is 0 Å². The van der Waals surface area contributed by atoms with Crippen LogP contribution in [0.15, 0.2) is 109 Å². The summed E-state index contributed by atoms with van der Waals surface area (Å²) in [6.45, 7) is 0. The first-order valence-corrected chi connectivity index (χ1v) is 10.5. The van der Waals surface area contributed by atoms with Gasteiger partial charge in [-0.2, -0.15) is 0 Å². The Morgan fingerprint density at radius 1 is 0.759 bits per heavy atom. The Kier molecular flexibility index (Phi) is 4.88. The average Bonchev–Trinajstić information content (AvgIpc) is 2.81. The molecule has 1 unspecified atom stereocenters. The standard InChI is InChI=1S/C28H25N/c1-3-10-22(11-4-1)23-18-20-26(21-19-23)29(25-14-5-2-6-15-25)28-17-9-13-24-12-7-8-16-27(24)28/h2-3,5-14,16-21,25H,1,4,15H2. The van der Waals surface area contributed by atoms with E-state index in [1.807, 2.05) is 0 Å². The van der Waals surface area contributed by atoms with Gasteiger partial charge in [-0.05, 0) is 54.0 Å². The molecule has 0 bridgehead atoms. The maximum atomic E-state index is 2.48. The third-order valence-corrected chi connectivity index (χ3v) is 5.79. The molecular formula is C28H25N. The van der Waals surface area contributed by atoms with Crippen molar-refractivity contribution in [2.24, 2.45) is 0 Å². The van der Waals surface area contributed by atoms with E-state index in [4.69, 9.17) is 0 Å². The van der Waals surface area contributed by atoms with Gasteiger partial charge in [0.05, 0.1) is 6.04 Å². The molecule has 1 nitrogen and oxygen atoms in total. The number of anilines is 2. The van der Waals surface area contributed by atoms with Crippen molar-refractivity contribution in [1.82, 2.24) is 0 Å². The SMILES string of the molecule is C1=CCC(N(c2ccc(C3=CCCC=C3)cc2)c2cccc3ccccc23)C=C1. The Bertz CT molecular complexity index is 1120. The Balaban J connectivity index is 1.59. The summed E-state index contributed by atoms with van der Waals surface area (Å²) in [5, 5.41) is 2.57. The molecule has 0 heterocycles. The van der Waals surface area contributed by atoms with Gasteiger partial charge in [0.2, 0.25) is 0 Å². The van der Waals surface area contributed by atoms with Gasteiger partial charge in [0.15, 0.2) is 0 Å². The third kappa shape index (κ3) is 3.56. The minimum atomic E-state index is 0.311. The summed E-state index contributed by atoms with van der Waals surface area (Å²) >= 11 is 0. The molecule has 3 aromatic carbocycles. The van der Waals surface area contributed by atoms with Crippen LogP contribution in [0.4, 0.5) is 11.4 Å². The monoisotopic (exact) mass is 375 g/mol. The second-order valence-corrected chi connectivity index (χ2v) is 7.67. The van der Waals surface area contributed by atoms with Gasteiger partial charge in [0, 0.05) is 16.8 Å². The second-order valence-electron chi connectivity index (χ2n) is 7.67. The minimum Gasteiger partial charge on any atom is -0.334 e. The summed E-state index contributed by atoms with van der Waals surface area (Å²) < 4.78 is 0. The lowest BCUT2D eigenvalue weighted by Crippen LogP contribution is -2.29. The van der Waals surface area contributed by atoms with Gasteiger partial charge in [-0.3, -0.25) is 0 Å². The molecule has 0 spiro atoms. The fourth-order valence-electron chi connectivity index (χ4n) is 4.33. The van der Waals surface area contributed by atoms with Crippen LogP contribution in [0.5, 0.6) is 0 Å². The number of hydrogen-bond acceptors (Lipinski definition) is 1. The summed E-state index contributed by atoms with van der Waals surface area (Å²) in [5.41, 5.74) is 5.12. The van der Waals surface area contributed by atoms with E-state index in [9.17, 15) is 0 Å². The molecule has 1 atom stereocenters. The van der Waals surface area contributed by atoms with Gasteiger partial charge in [-0.1, -0.05) is 91.1 Å². The van der Waals surface area contributed by atoms with Crippen molar-refractivity contribution < 1.29 is 0 Å². The Labute approximate surface area is 173 Å². The van der Waals surface area contributed by atoms with Crippen LogP contribution in [0.25, 0.3) is 16.3 Å². The molecule has 0 radical (unpaired) electrons. The Hall–Kier alpha value is -3.32. The van der Waals surface area contributed by atoms with Crippen molar-refractivity contribution in [1.29, 1.82) is 0 Å². The summed E-state index contributed by atoms with van der Waals surface area (Å²) in [6.07, 6.45) is 19.0. The minimum absolute atomic E-state index is 0.311. The van der Waals surface area contributed by atoms with Gasteiger partial charge >= 0.3 is 0 Å². The van der Waals surface area contributed by atoms with Gasteiger partial charge in [0.1, 0.15) is 0 Å². The van der Waals surface area contributed by atoms with Gasteiger partial charge in [-0.15, -0.1) is 0 Å². The van der Waals surface area contributed by atoms with Crippen molar-refractivity contribution in [3.63, 3.8) is 0 Å². The van der Waals surface area contributed by atoms with E-state index in [2.05, 4.69) is 114 Å². The lowest BCUT2D eigenvalue weighted by atomic mass is 9.98. The summed E-state index contributed by atoms with van der Waals surface area (Å²) in [4.78, 5) is 2.48. The zero-order valence-corrected chi connectivity index (χ0v) is 16.5. The first-order chi connectivity index (χ1) is 14.4. The third-order valence-electron chi connectivity index (χ3n) is 5.79. The van der Waals surface area contributed by atoms with Crippen LogP contribution in [0, 0.1) is 0 Å². The first-order valence-electron chi connectivity index (χ1n) is 10.5. The smallest absolute Gasteiger partial charge is 0.0560 e. The van der Waals surface area contributed by atoms with Crippen molar-refractivity contribution in [3.8, 4) is 0 Å². The van der Waals surface area contributed by atoms with E-state index in [0.717, 1.165) is 19.3 Å². The van der Waals surface area contributed by atoms with E-state index in [0.29, 0.717) is 6.04 Å². The highest BCUT2D eigenvalue weighted by Gasteiger charge is 2.20. The van der Waals surface area contributed by atoms with Crippen LogP contribution in [-0.4, -0.2) is 6.04 Å². The van der Waals surface area contributed by atoms with E-state index >= 15 is 0 Å². The predicted octanol–water partition coefficient (Wildman–Crippen LogP) is 7.60. The molecule has 2 aliphatic rings. The van der Waals surface area contributed by atoms with Gasteiger partial charge in [-0.25, -0.2) is 0 Å². The highest BCUT2D eigenvalue weighted by Crippen LogP contribution is 2.36. The number of hydrogen-bond donors (Lipinski definition) is 0. The summed E-state index contributed by atoms with van der Waals surface area (Å²) in [5.74, 6) is 0. The molecule has 2 aliphatic carbocycles. The topological polar surface area (TPSA) is 3.24 Å². The van der Waals surface area contributed by atoms with Crippen molar-refractivity contribution in [2.45, 2.75) is 25.3 Å². The van der Waals surface area contributed by atoms with Crippen LogP contribution in [-0.2, 0) is 0 Å². The highest BCUT2D eigenvalue weighted by atomic mass is 15.2. The van der Waals surface area contributed by atoms with Crippen molar-refractivity contribution >= 4 is 27.7 Å². The molecule has 0 saturated carbocycles. The largest absolute Gasteiger partial charge is 0.334 e. The number of nitrogens with zero attached hydrogens (tertiary/aromatic N) is 1. The van der Waals surface area contributed by atoms with E-state index in [1.165, 1.54) is 33.3 Å². The van der Waals surface area contributed by atoms with E-state index < -0.39 is 0 Å². The predicted molar refractivity (Wildman–Crippen MR) is 126 cm³/mol. The Morgan fingerprint density at radius 2 is 1.62 bits per heavy atom. The normalized spacial score (nSPS) is 18.1. The fraction of sp³-hybridized carbons (Fsp3) is 0.143. The maximum absolute atomic E-state index is 2.48. The molecule has 1 heteroatoms. The van der Waals surface area contributed by atoms with Crippen molar-refractivity contribution in [3.05, 3.63) is 115 Å². The van der Waals surface area contributed by atoms with E-state index in [1.54, 1.807) is 0 Å². The molecule has 29 heavy (non-hydrogen) atoms. The summed E-state index contributed by atoms with van der Waals surface area (Å²) in [6, 6.07) is 24.6. The quantitative estimate of drug-likeness (QED) is 0.454. The molecule has 0 saturated heterocycles. The average molecular weight is 376 g/mol. The molecule has 3 aromatic rings. The molecule has 0 aromatic heterocycles. The van der Waals surface area contributed by atoms with Crippen molar-refractivity contribution in [2.75, 3.05) is 4.90 Å². The number of benzene rings is 3. The molecule has 0 fully saturated rings. The molecule has 5 rings (SSSR count). The molecule has 0 N–H and O–H groups in total. The molecular weight excluding hydrogens is 350 g/mol. The van der Waals surface area contributed by atoms with Crippen LogP contribution in [0.3, 0.4) is 0 Å². The zero-order chi connectivity index (χ0) is 19.5. The molecule has 0 amide bonds. The first kappa shape index (κ1) is 17.8.